The number of hydrogen-bond donors (Lipinski definition) is 1. The van der Waals surface area contributed by atoms with Crippen LogP contribution in [0, 0.1) is 11.3 Å². The summed E-state index contributed by atoms with van der Waals surface area (Å²) in [6.45, 7) is 6.65. The van der Waals surface area contributed by atoms with Crippen molar-refractivity contribution in [2.24, 2.45) is 11.3 Å². The molecule has 4 rings (SSSR count). The smallest absolute Gasteiger partial charge is 0.310 e. The fourth-order valence-electron chi connectivity index (χ4n) is 3.98. The molecule has 0 aliphatic carbocycles. The van der Waals surface area contributed by atoms with Gasteiger partial charge in [-0.1, -0.05) is 31.5 Å². The van der Waals surface area contributed by atoms with Gasteiger partial charge in [0.15, 0.2) is 0 Å². The molecule has 0 radical (unpaired) electrons. The van der Waals surface area contributed by atoms with E-state index in [0.29, 0.717) is 13.1 Å². The SMILES string of the molecule is CC1(C)Cc2cc(Cl)ccc2N(c2cccc(N3CC(C(=O)O)C3)c2)C1. The lowest BCUT2D eigenvalue weighted by Gasteiger charge is -2.42. The highest BCUT2D eigenvalue weighted by Gasteiger charge is 2.34. The quantitative estimate of drug-likeness (QED) is 0.858. The van der Waals surface area contributed by atoms with E-state index in [4.69, 9.17) is 16.7 Å². The van der Waals surface area contributed by atoms with Gasteiger partial charge in [-0.15, -0.1) is 0 Å². The lowest BCUT2D eigenvalue weighted by Crippen LogP contribution is -2.50. The van der Waals surface area contributed by atoms with Crippen LogP contribution in [0.15, 0.2) is 42.5 Å². The molecular weight excluding hydrogens is 348 g/mol. The van der Waals surface area contributed by atoms with E-state index in [1.165, 1.54) is 11.3 Å². The Labute approximate surface area is 159 Å². The van der Waals surface area contributed by atoms with E-state index in [-0.39, 0.29) is 11.3 Å². The number of nitrogens with zero attached hydrogens (tertiary/aromatic N) is 2. The van der Waals surface area contributed by atoms with Crippen molar-refractivity contribution in [1.82, 2.24) is 0 Å². The summed E-state index contributed by atoms with van der Waals surface area (Å²) < 4.78 is 0. The first kappa shape index (κ1) is 17.2. The molecule has 0 unspecified atom stereocenters. The standard InChI is InChI=1S/C21H23ClN2O2/c1-21(2)10-14-8-16(22)6-7-19(14)24(13-21)18-5-3-4-17(9-18)23-11-15(12-23)20(25)26/h3-9,15H,10-13H2,1-2H3,(H,25,26). The molecule has 1 saturated heterocycles. The number of halogens is 1. The van der Waals surface area contributed by atoms with Gasteiger partial charge in [0.25, 0.3) is 0 Å². The van der Waals surface area contributed by atoms with Crippen LogP contribution in [-0.2, 0) is 11.2 Å². The number of carboxylic acids is 1. The molecule has 136 valence electrons. The van der Waals surface area contributed by atoms with Crippen molar-refractivity contribution in [2.45, 2.75) is 20.3 Å². The molecule has 0 saturated carbocycles. The minimum atomic E-state index is -0.707. The molecule has 2 aliphatic heterocycles. The average Bonchev–Trinajstić information content (AvgIpc) is 2.51. The maximum Gasteiger partial charge on any atom is 0.310 e. The van der Waals surface area contributed by atoms with E-state index in [1.54, 1.807) is 0 Å². The molecule has 0 spiro atoms. The first-order valence-electron chi connectivity index (χ1n) is 8.96. The molecule has 1 fully saturated rings. The number of rotatable bonds is 3. The van der Waals surface area contributed by atoms with Gasteiger partial charge < -0.3 is 14.9 Å². The Bertz CT molecular complexity index is 859. The summed E-state index contributed by atoms with van der Waals surface area (Å²) in [6, 6.07) is 14.5. The molecule has 2 aliphatic rings. The number of carboxylic acid groups (broad SMARTS) is 1. The maximum atomic E-state index is 11.1. The van der Waals surface area contributed by atoms with Crippen molar-refractivity contribution in [2.75, 3.05) is 29.4 Å². The lowest BCUT2D eigenvalue weighted by molar-refractivity contribution is -0.142. The zero-order valence-electron chi connectivity index (χ0n) is 15.1. The molecule has 0 bridgehead atoms. The summed E-state index contributed by atoms with van der Waals surface area (Å²) in [5.74, 6) is -0.962. The molecule has 1 N–H and O–H groups in total. The summed E-state index contributed by atoms with van der Waals surface area (Å²) in [5, 5.41) is 9.87. The first-order chi connectivity index (χ1) is 12.3. The molecule has 2 aromatic carbocycles. The molecule has 2 aromatic rings. The molecule has 0 amide bonds. The molecule has 0 atom stereocenters. The fraction of sp³-hybridized carbons (Fsp3) is 0.381. The first-order valence-corrected chi connectivity index (χ1v) is 9.34. The predicted octanol–water partition coefficient (Wildman–Crippen LogP) is 4.58. The molecule has 0 aromatic heterocycles. The van der Waals surface area contributed by atoms with Gasteiger partial charge in [0.05, 0.1) is 5.92 Å². The maximum absolute atomic E-state index is 11.1. The van der Waals surface area contributed by atoms with Crippen molar-refractivity contribution in [3.63, 3.8) is 0 Å². The van der Waals surface area contributed by atoms with E-state index in [2.05, 4.69) is 60.0 Å². The van der Waals surface area contributed by atoms with E-state index >= 15 is 0 Å². The second kappa shape index (κ2) is 6.20. The number of hydrogen-bond acceptors (Lipinski definition) is 3. The Balaban J connectivity index is 1.66. The third kappa shape index (κ3) is 3.14. The minimum Gasteiger partial charge on any atom is -0.481 e. The van der Waals surface area contributed by atoms with Gasteiger partial charge in [0, 0.05) is 41.7 Å². The number of benzene rings is 2. The highest BCUT2D eigenvalue weighted by atomic mass is 35.5. The number of fused-ring (bicyclic) bond motifs is 1. The van der Waals surface area contributed by atoms with Crippen molar-refractivity contribution in [1.29, 1.82) is 0 Å². The second-order valence-corrected chi connectivity index (χ2v) is 8.60. The van der Waals surface area contributed by atoms with Crippen molar-refractivity contribution in [3.05, 3.63) is 53.1 Å². The number of aliphatic carboxylic acids is 1. The third-order valence-corrected chi connectivity index (χ3v) is 5.56. The zero-order valence-corrected chi connectivity index (χ0v) is 15.8. The van der Waals surface area contributed by atoms with Gasteiger partial charge in [0.1, 0.15) is 0 Å². The Hall–Kier alpha value is -2.20. The Morgan fingerprint density at radius 1 is 1.15 bits per heavy atom. The van der Waals surface area contributed by atoms with Crippen LogP contribution in [0.3, 0.4) is 0 Å². The molecular formula is C21H23ClN2O2. The van der Waals surface area contributed by atoms with Crippen LogP contribution in [0.2, 0.25) is 5.02 Å². The van der Waals surface area contributed by atoms with E-state index in [0.717, 1.165) is 29.4 Å². The largest absolute Gasteiger partial charge is 0.481 e. The monoisotopic (exact) mass is 370 g/mol. The summed E-state index contributed by atoms with van der Waals surface area (Å²) in [4.78, 5) is 15.5. The number of carbonyl (C=O) groups is 1. The van der Waals surface area contributed by atoms with Crippen LogP contribution in [0.1, 0.15) is 19.4 Å². The van der Waals surface area contributed by atoms with Gasteiger partial charge in [0.2, 0.25) is 0 Å². The molecule has 26 heavy (non-hydrogen) atoms. The van der Waals surface area contributed by atoms with Crippen molar-refractivity contribution >= 4 is 34.6 Å². The van der Waals surface area contributed by atoms with Crippen LogP contribution >= 0.6 is 11.6 Å². The molecule has 2 heterocycles. The van der Waals surface area contributed by atoms with E-state index < -0.39 is 5.97 Å². The van der Waals surface area contributed by atoms with E-state index in [9.17, 15) is 4.79 Å². The fourth-order valence-corrected chi connectivity index (χ4v) is 4.17. The molecule has 5 heteroatoms. The van der Waals surface area contributed by atoms with Crippen LogP contribution in [0.5, 0.6) is 0 Å². The van der Waals surface area contributed by atoms with Crippen LogP contribution in [0.25, 0.3) is 0 Å². The van der Waals surface area contributed by atoms with Gasteiger partial charge in [-0.2, -0.15) is 0 Å². The Morgan fingerprint density at radius 3 is 2.62 bits per heavy atom. The van der Waals surface area contributed by atoms with Gasteiger partial charge >= 0.3 is 5.97 Å². The summed E-state index contributed by atoms with van der Waals surface area (Å²) in [5.41, 5.74) is 4.85. The Morgan fingerprint density at radius 2 is 1.88 bits per heavy atom. The summed E-state index contributed by atoms with van der Waals surface area (Å²) in [7, 11) is 0. The second-order valence-electron chi connectivity index (χ2n) is 8.16. The van der Waals surface area contributed by atoms with Crippen LogP contribution in [0.4, 0.5) is 17.1 Å². The lowest BCUT2D eigenvalue weighted by atomic mass is 9.81. The topological polar surface area (TPSA) is 43.8 Å². The van der Waals surface area contributed by atoms with Crippen LogP contribution < -0.4 is 9.80 Å². The van der Waals surface area contributed by atoms with Gasteiger partial charge in [-0.3, -0.25) is 4.79 Å². The summed E-state index contributed by atoms with van der Waals surface area (Å²) >= 11 is 6.22. The summed E-state index contributed by atoms with van der Waals surface area (Å²) in [6.07, 6.45) is 1.01. The normalized spacial score (nSPS) is 19.0. The predicted molar refractivity (Wildman–Crippen MR) is 106 cm³/mol. The van der Waals surface area contributed by atoms with Crippen molar-refractivity contribution < 1.29 is 9.90 Å². The third-order valence-electron chi connectivity index (χ3n) is 5.32. The average molecular weight is 371 g/mol. The van der Waals surface area contributed by atoms with Gasteiger partial charge in [-0.05, 0) is 53.8 Å². The minimum absolute atomic E-state index is 0.152. The Kier molecular flexibility index (Phi) is 4.11. The van der Waals surface area contributed by atoms with E-state index in [1.807, 2.05) is 6.07 Å². The zero-order chi connectivity index (χ0) is 18.5. The highest BCUT2D eigenvalue weighted by Crippen LogP contribution is 2.42. The van der Waals surface area contributed by atoms with Crippen LogP contribution in [-0.4, -0.2) is 30.7 Å². The highest BCUT2D eigenvalue weighted by molar-refractivity contribution is 6.30. The van der Waals surface area contributed by atoms with Crippen molar-refractivity contribution in [3.8, 4) is 0 Å². The number of anilines is 3. The molecule has 4 nitrogen and oxygen atoms in total. The van der Waals surface area contributed by atoms with Gasteiger partial charge in [-0.25, -0.2) is 0 Å².